The van der Waals surface area contributed by atoms with Gasteiger partial charge in [0, 0.05) is 17.9 Å². The molecule has 0 aliphatic heterocycles. The quantitative estimate of drug-likeness (QED) is 0.829. The Kier molecular flexibility index (Phi) is 4.63. The standard InChI is InChI=1S/C14H20F2O/c1-4-14(15,16)12-7-5-6-11(8-12)13(9-17)10(2)3/h5-8,10,13,17H,4,9H2,1-3H3. The molecule has 96 valence electrons. The SMILES string of the molecule is CCC(F)(F)c1cccc(C(CO)C(C)C)c1. The molecular formula is C14H20F2O. The Morgan fingerprint density at radius 1 is 1.29 bits per heavy atom. The Bertz CT molecular complexity index is 361. The summed E-state index contributed by atoms with van der Waals surface area (Å²) in [6.07, 6.45) is -0.206. The van der Waals surface area contributed by atoms with Crippen molar-refractivity contribution in [3.8, 4) is 0 Å². The van der Waals surface area contributed by atoms with Crippen molar-refractivity contribution in [3.63, 3.8) is 0 Å². The maximum atomic E-state index is 13.6. The second-order valence-corrected chi connectivity index (χ2v) is 4.72. The summed E-state index contributed by atoms with van der Waals surface area (Å²) >= 11 is 0. The number of aliphatic hydroxyl groups excluding tert-OH is 1. The highest BCUT2D eigenvalue weighted by atomic mass is 19.3. The van der Waals surface area contributed by atoms with Crippen molar-refractivity contribution in [2.75, 3.05) is 6.61 Å². The molecule has 1 unspecified atom stereocenters. The first-order chi connectivity index (χ1) is 7.92. The van der Waals surface area contributed by atoms with E-state index < -0.39 is 5.92 Å². The van der Waals surface area contributed by atoms with Gasteiger partial charge in [0.2, 0.25) is 0 Å². The summed E-state index contributed by atoms with van der Waals surface area (Å²) in [5.41, 5.74) is 0.824. The lowest BCUT2D eigenvalue weighted by Gasteiger charge is -2.21. The minimum Gasteiger partial charge on any atom is -0.396 e. The lowest BCUT2D eigenvalue weighted by atomic mass is 9.87. The predicted molar refractivity (Wildman–Crippen MR) is 65.3 cm³/mol. The molecule has 1 nitrogen and oxygen atoms in total. The van der Waals surface area contributed by atoms with E-state index in [-0.39, 0.29) is 30.4 Å². The molecule has 0 amide bonds. The van der Waals surface area contributed by atoms with Crippen LogP contribution >= 0.6 is 0 Å². The first kappa shape index (κ1) is 14.1. The van der Waals surface area contributed by atoms with Crippen LogP contribution in [0, 0.1) is 5.92 Å². The average molecular weight is 242 g/mol. The lowest BCUT2D eigenvalue weighted by molar-refractivity contribution is -0.00842. The van der Waals surface area contributed by atoms with Gasteiger partial charge in [-0.15, -0.1) is 0 Å². The lowest BCUT2D eigenvalue weighted by Crippen LogP contribution is -2.15. The zero-order valence-corrected chi connectivity index (χ0v) is 10.6. The molecule has 0 aliphatic carbocycles. The molecule has 1 rings (SSSR count). The van der Waals surface area contributed by atoms with Crippen LogP contribution in [-0.4, -0.2) is 11.7 Å². The van der Waals surface area contributed by atoms with Crippen LogP contribution in [0.2, 0.25) is 0 Å². The number of rotatable bonds is 5. The molecule has 0 heterocycles. The van der Waals surface area contributed by atoms with Crippen molar-refractivity contribution < 1.29 is 13.9 Å². The van der Waals surface area contributed by atoms with Gasteiger partial charge in [-0.3, -0.25) is 0 Å². The van der Waals surface area contributed by atoms with Crippen LogP contribution in [0.5, 0.6) is 0 Å². The Morgan fingerprint density at radius 3 is 2.41 bits per heavy atom. The van der Waals surface area contributed by atoms with Gasteiger partial charge in [0.15, 0.2) is 0 Å². The molecule has 0 saturated carbocycles. The molecule has 1 aromatic rings. The van der Waals surface area contributed by atoms with E-state index in [0.717, 1.165) is 5.56 Å². The zero-order valence-electron chi connectivity index (χ0n) is 10.6. The van der Waals surface area contributed by atoms with E-state index in [1.807, 2.05) is 13.8 Å². The third-order valence-electron chi connectivity index (χ3n) is 3.18. The second kappa shape index (κ2) is 5.58. The highest BCUT2D eigenvalue weighted by molar-refractivity contribution is 5.29. The molecule has 1 aromatic carbocycles. The Morgan fingerprint density at radius 2 is 1.94 bits per heavy atom. The summed E-state index contributed by atoms with van der Waals surface area (Å²) in [4.78, 5) is 0. The first-order valence-electron chi connectivity index (χ1n) is 6.01. The molecule has 0 spiro atoms. The maximum Gasteiger partial charge on any atom is 0.273 e. The van der Waals surface area contributed by atoms with Crippen LogP contribution in [0.25, 0.3) is 0 Å². The van der Waals surface area contributed by atoms with Gasteiger partial charge < -0.3 is 5.11 Å². The van der Waals surface area contributed by atoms with Crippen molar-refractivity contribution in [1.82, 2.24) is 0 Å². The number of aliphatic hydroxyl groups is 1. The number of alkyl halides is 2. The van der Waals surface area contributed by atoms with Crippen LogP contribution in [-0.2, 0) is 5.92 Å². The summed E-state index contributed by atoms with van der Waals surface area (Å²) in [5.74, 6) is -2.64. The Labute approximate surface area is 101 Å². The maximum absolute atomic E-state index is 13.6. The predicted octanol–water partition coefficient (Wildman–Crippen LogP) is 3.92. The van der Waals surface area contributed by atoms with Crippen molar-refractivity contribution in [1.29, 1.82) is 0 Å². The second-order valence-electron chi connectivity index (χ2n) is 4.72. The van der Waals surface area contributed by atoms with Gasteiger partial charge in [-0.25, -0.2) is 8.78 Å². The smallest absolute Gasteiger partial charge is 0.273 e. The summed E-state index contributed by atoms with van der Waals surface area (Å²) in [7, 11) is 0. The van der Waals surface area contributed by atoms with Crippen LogP contribution in [0.3, 0.4) is 0 Å². The fourth-order valence-corrected chi connectivity index (χ4v) is 1.90. The van der Waals surface area contributed by atoms with Crippen molar-refractivity contribution >= 4 is 0 Å². The summed E-state index contributed by atoms with van der Waals surface area (Å²) in [6.45, 7) is 5.41. The molecule has 0 aliphatic rings. The van der Waals surface area contributed by atoms with Crippen LogP contribution in [0.4, 0.5) is 8.78 Å². The third kappa shape index (κ3) is 3.25. The van der Waals surface area contributed by atoms with E-state index in [2.05, 4.69) is 0 Å². The van der Waals surface area contributed by atoms with Gasteiger partial charge >= 0.3 is 0 Å². The molecule has 0 radical (unpaired) electrons. The largest absolute Gasteiger partial charge is 0.396 e. The average Bonchev–Trinajstić information content (AvgIpc) is 2.30. The summed E-state index contributed by atoms with van der Waals surface area (Å²) in [6, 6.07) is 6.40. The minimum absolute atomic E-state index is 0.0151. The van der Waals surface area contributed by atoms with E-state index in [0.29, 0.717) is 0 Å². The summed E-state index contributed by atoms with van der Waals surface area (Å²) in [5, 5.41) is 9.31. The van der Waals surface area contributed by atoms with Gasteiger partial charge in [-0.05, 0) is 17.5 Å². The number of benzene rings is 1. The van der Waals surface area contributed by atoms with E-state index in [1.165, 1.54) is 19.1 Å². The van der Waals surface area contributed by atoms with E-state index in [1.54, 1.807) is 12.1 Å². The normalized spacial score (nSPS) is 14.1. The van der Waals surface area contributed by atoms with Crippen molar-refractivity contribution in [3.05, 3.63) is 35.4 Å². The molecule has 17 heavy (non-hydrogen) atoms. The molecule has 0 saturated heterocycles. The Balaban J connectivity index is 3.08. The van der Waals surface area contributed by atoms with Crippen LogP contribution in [0.15, 0.2) is 24.3 Å². The highest BCUT2D eigenvalue weighted by Gasteiger charge is 2.29. The molecule has 0 bridgehead atoms. The van der Waals surface area contributed by atoms with Gasteiger partial charge in [-0.1, -0.05) is 39.0 Å². The number of hydrogen-bond donors (Lipinski definition) is 1. The highest BCUT2D eigenvalue weighted by Crippen LogP contribution is 2.34. The minimum atomic E-state index is -2.78. The molecule has 0 aromatic heterocycles. The number of hydrogen-bond acceptors (Lipinski definition) is 1. The van der Waals surface area contributed by atoms with Crippen molar-refractivity contribution in [2.24, 2.45) is 5.92 Å². The van der Waals surface area contributed by atoms with E-state index in [9.17, 15) is 13.9 Å². The van der Waals surface area contributed by atoms with E-state index >= 15 is 0 Å². The third-order valence-corrected chi connectivity index (χ3v) is 3.18. The molecule has 3 heteroatoms. The summed E-state index contributed by atoms with van der Waals surface area (Å²) < 4.78 is 27.1. The Hall–Kier alpha value is -0.960. The fourth-order valence-electron chi connectivity index (χ4n) is 1.90. The van der Waals surface area contributed by atoms with Gasteiger partial charge in [0.05, 0.1) is 6.61 Å². The fraction of sp³-hybridized carbons (Fsp3) is 0.571. The van der Waals surface area contributed by atoms with Crippen molar-refractivity contribution in [2.45, 2.75) is 39.0 Å². The van der Waals surface area contributed by atoms with Gasteiger partial charge in [0.1, 0.15) is 0 Å². The molecule has 1 atom stereocenters. The monoisotopic (exact) mass is 242 g/mol. The molecular weight excluding hydrogens is 222 g/mol. The van der Waals surface area contributed by atoms with Crippen LogP contribution < -0.4 is 0 Å². The van der Waals surface area contributed by atoms with Gasteiger partial charge in [0.25, 0.3) is 5.92 Å². The molecule has 0 fully saturated rings. The number of halogens is 2. The topological polar surface area (TPSA) is 20.2 Å². The first-order valence-corrected chi connectivity index (χ1v) is 6.01. The van der Waals surface area contributed by atoms with E-state index in [4.69, 9.17) is 0 Å². The van der Waals surface area contributed by atoms with Gasteiger partial charge in [-0.2, -0.15) is 0 Å². The van der Waals surface area contributed by atoms with Crippen LogP contribution in [0.1, 0.15) is 44.2 Å². The molecule has 1 N–H and O–H groups in total. The zero-order chi connectivity index (χ0) is 13.1.